The predicted molar refractivity (Wildman–Crippen MR) is 315 cm³/mol. The van der Waals surface area contributed by atoms with Gasteiger partial charge in [0.15, 0.2) is 0 Å². The van der Waals surface area contributed by atoms with Gasteiger partial charge in [0.1, 0.15) is 0 Å². The maximum absolute atomic E-state index is 2.50. The first-order valence-corrected chi connectivity index (χ1v) is 26.1. The number of aromatic nitrogens is 1. The molecule has 0 aliphatic heterocycles. The maximum atomic E-state index is 2.50. The Kier molecular flexibility index (Phi) is 8.99. The molecule has 2 nitrogen and oxygen atoms in total. The minimum atomic E-state index is -0.459. The van der Waals surface area contributed by atoms with Crippen LogP contribution in [0.4, 0.5) is 17.1 Å². The Bertz CT molecular complexity index is 4540. The molecule has 2 aliphatic carbocycles. The van der Waals surface area contributed by atoms with E-state index in [-0.39, 0.29) is 0 Å². The molecule has 14 aromatic rings. The maximum Gasteiger partial charge on any atom is 0.0726 e. The van der Waals surface area contributed by atoms with Crippen molar-refractivity contribution in [2.24, 2.45) is 0 Å². The van der Waals surface area contributed by atoms with Crippen LogP contribution in [0.1, 0.15) is 22.3 Å². The summed E-state index contributed by atoms with van der Waals surface area (Å²) in [5, 5.41) is 10.1. The van der Waals surface area contributed by atoms with Crippen LogP contribution in [0.2, 0.25) is 0 Å². The fourth-order valence-corrected chi connectivity index (χ4v) is 13.5. The highest BCUT2D eigenvalue weighted by Crippen LogP contribution is 2.63. The van der Waals surface area contributed by atoms with Gasteiger partial charge < -0.3 is 9.47 Å². The van der Waals surface area contributed by atoms with E-state index in [1.54, 1.807) is 0 Å². The highest BCUT2D eigenvalue weighted by atomic mass is 15.1. The van der Waals surface area contributed by atoms with Crippen LogP contribution in [0.3, 0.4) is 0 Å². The quantitative estimate of drug-likeness (QED) is 0.151. The van der Waals surface area contributed by atoms with Crippen molar-refractivity contribution < 1.29 is 0 Å². The molecule has 0 radical (unpaired) electrons. The average molecular weight is 951 g/mol. The summed E-state index contributed by atoms with van der Waals surface area (Å²) in [7, 11) is 0. The zero-order valence-corrected chi connectivity index (χ0v) is 41.0. The molecule has 0 saturated heterocycles. The van der Waals surface area contributed by atoms with Crippen molar-refractivity contribution in [2.75, 3.05) is 4.90 Å². The molecule has 75 heavy (non-hydrogen) atoms. The van der Waals surface area contributed by atoms with Crippen LogP contribution >= 0.6 is 0 Å². The lowest BCUT2D eigenvalue weighted by atomic mass is 9.70. The highest BCUT2D eigenvalue weighted by Gasteiger charge is 2.51. The van der Waals surface area contributed by atoms with Crippen LogP contribution in [0.25, 0.3) is 104 Å². The lowest BCUT2D eigenvalue weighted by Crippen LogP contribution is -2.26. The van der Waals surface area contributed by atoms with E-state index in [1.165, 1.54) is 121 Å². The van der Waals surface area contributed by atoms with E-state index >= 15 is 0 Å². The summed E-state index contributed by atoms with van der Waals surface area (Å²) in [5.74, 6) is 0. The van der Waals surface area contributed by atoms with Gasteiger partial charge in [-0.05, 0) is 160 Å². The van der Waals surface area contributed by atoms with Gasteiger partial charge in [-0.15, -0.1) is 0 Å². The molecular weight excluding hydrogens is 905 g/mol. The van der Waals surface area contributed by atoms with E-state index in [4.69, 9.17) is 0 Å². The number of para-hydroxylation sites is 2. The van der Waals surface area contributed by atoms with Crippen molar-refractivity contribution in [1.29, 1.82) is 0 Å². The molecule has 0 saturated carbocycles. The monoisotopic (exact) mass is 950 g/mol. The van der Waals surface area contributed by atoms with Crippen LogP contribution in [-0.4, -0.2) is 4.57 Å². The number of nitrogens with zero attached hydrogens (tertiary/aromatic N) is 2. The Morgan fingerprint density at radius 3 is 1.31 bits per heavy atom. The summed E-state index contributed by atoms with van der Waals surface area (Å²) < 4.78 is 2.39. The first-order chi connectivity index (χ1) is 37.2. The number of hydrogen-bond acceptors (Lipinski definition) is 1. The Balaban J connectivity index is 0.851. The van der Waals surface area contributed by atoms with Crippen LogP contribution < -0.4 is 4.90 Å². The first-order valence-electron chi connectivity index (χ1n) is 26.1. The van der Waals surface area contributed by atoms with E-state index in [0.717, 1.165) is 22.7 Å². The second-order valence-corrected chi connectivity index (χ2v) is 20.3. The van der Waals surface area contributed by atoms with Crippen LogP contribution in [0.5, 0.6) is 0 Å². The van der Waals surface area contributed by atoms with E-state index in [0.29, 0.717) is 0 Å². The fraction of sp³-hybridized carbons (Fsp3) is 0.0137. The summed E-state index contributed by atoms with van der Waals surface area (Å²) in [5.41, 5.74) is 21.8. The molecule has 0 bridgehead atoms. The molecule has 0 amide bonds. The van der Waals surface area contributed by atoms with E-state index in [2.05, 4.69) is 289 Å². The summed E-state index contributed by atoms with van der Waals surface area (Å²) in [6.45, 7) is 0. The lowest BCUT2D eigenvalue weighted by Gasteiger charge is -2.32. The Labute approximate surface area is 435 Å². The van der Waals surface area contributed by atoms with Crippen LogP contribution in [-0.2, 0) is 5.41 Å². The number of benzene rings is 13. The third-order valence-corrected chi connectivity index (χ3v) is 16.6. The number of rotatable bonds is 6. The Hall–Kier alpha value is -9.76. The normalized spacial score (nSPS) is 12.9. The molecule has 1 aromatic heterocycles. The third-order valence-electron chi connectivity index (χ3n) is 16.6. The topological polar surface area (TPSA) is 8.17 Å². The molecule has 16 rings (SSSR count). The number of anilines is 3. The minimum absolute atomic E-state index is 0.459. The second kappa shape index (κ2) is 16.1. The van der Waals surface area contributed by atoms with Crippen molar-refractivity contribution in [2.45, 2.75) is 5.41 Å². The minimum Gasteiger partial charge on any atom is -0.310 e. The molecule has 0 fully saturated rings. The van der Waals surface area contributed by atoms with Gasteiger partial charge in [-0.25, -0.2) is 0 Å². The Morgan fingerprint density at radius 2 is 0.680 bits per heavy atom. The van der Waals surface area contributed by atoms with Crippen molar-refractivity contribution in [3.05, 3.63) is 301 Å². The van der Waals surface area contributed by atoms with E-state index < -0.39 is 5.41 Å². The number of hydrogen-bond donors (Lipinski definition) is 0. The van der Waals surface area contributed by atoms with Gasteiger partial charge >= 0.3 is 0 Å². The predicted octanol–water partition coefficient (Wildman–Crippen LogP) is 19.4. The van der Waals surface area contributed by atoms with Gasteiger partial charge in [0.25, 0.3) is 0 Å². The van der Waals surface area contributed by atoms with E-state index in [1.807, 2.05) is 0 Å². The molecule has 2 heteroatoms. The standard InChI is InChI=1S/C73H46N2/c1-2-17-50(18-3-1)75-70-31-15-11-26-64(70)72-54(27-16-32-71(72)75)49-35-33-47(34-36-49)48-37-39-51(40-38-48)74(52-41-43-59-57-21-5-4-19-55(57)56-20-6-7-22-58(56)65(59)45-52)53-42-44-63-62-25-10-14-30-68(62)73(69(63)46-53)66-28-12-8-23-60(66)61-24-9-13-29-67(61)73/h1-46H. The summed E-state index contributed by atoms with van der Waals surface area (Å²) in [6, 6.07) is 104. The van der Waals surface area contributed by atoms with Crippen molar-refractivity contribution in [3.63, 3.8) is 0 Å². The second-order valence-electron chi connectivity index (χ2n) is 20.3. The Morgan fingerprint density at radius 1 is 0.253 bits per heavy atom. The van der Waals surface area contributed by atoms with Crippen molar-refractivity contribution in [1.82, 2.24) is 4.57 Å². The first kappa shape index (κ1) is 41.8. The zero-order valence-electron chi connectivity index (χ0n) is 41.0. The summed E-state index contributed by atoms with van der Waals surface area (Å²) in [6.07, 6.45) is 0. The van der Waals surface area contributed by atoms with Gasteiger partial charge in [0.2, 0.25) is 0 Å². The van der Waals surface area contributed by atoms with Crippen molar-refractivity contribution in [3.8, 4) is 50.2 Å². The molecule has 1 heterocycles. The van der Waals surface area contributed by atoms with Gasteiger partial charge in [0, 0.05) is 33.5 Å². The smallest absolute Gasteiger partial charge is 0.0726 e. The molecule has 0 unspecified atom stereocenters. The van der Waals surface area contributed by atoms with Gasteiger partial charge in [-0.3, -0.25) is 0 Å². The van der Waals surface area contributed by atoms with Crippen molar-refractivity contribution >= 4 is 71.2 Å². The van der Waals surface area contributed by atoms with Gasteiger partial charge in [0.05, 0.1) is 16.4 Å². The molecule has 0 atom stereocenters. The fourth-order valence-electron chi connectivity index (χ4n) is 13.5. The molecule has 13 aromatic carbocycles. The molecule has 2 aliphatic rings. The van der Waals surface area contributed by atoms with Crippen LogP contribution in [0, 0.1) is 0 Å². The van der Waals surface area contributed by atoms with Gasteiger partial charge in [-0.2, -0.15) is 0 Å². The zero-order chi connectivity index (χ0) is 49.2. The third kappa shape index (κ3) is 5.97. The summed E-state index contributed by atoms with van der Waals surface area (Å²) in [4.78, 5) is 2.48. The highest BCUT2D eigenvalue weighted by molar-refractivity contribution is 6.26. The molecule has 0 N–H and O–H groups in total. The SMILES string of the molecule is c1ccc(-n2c3ccccc3c3c(-c4ccc(-c5ccc(N(c6ccc7c(c6)C6(c8ccccc8-c8ccccc86)c6ccccc6-7)c6ccc7c8ccccc8c8ccccc8c7c6)cc5)cc4)cccc32)cc1. The molecule has 1 spiro atoms. The summed E-state index contributed by atoms with van der Waals surface area (Å²) >= 11 is 0. The largest absolute Gasteiger partial charge is 0.310 e. The number of fused-ring (bicyclic) bond motifs is 19. The van der Waals surface area contributed by atoms with Gasteiger partial charge in [-0.1, -0.05) is 218 Å². The molecule has 348 valence electrons. The van der Waals surface area contributed by atoms with E-state index in [9.17, 15) is 0 Å². The average Bonchev–Trinajstić information content (AvgIpc) is 4.18. The van der Waals surface area contributed by atoms with Crippen LogP contribution in [0.15, 0.2) is 279 Å². The lowest BCUT2D eigenvalue weighted by molar-refractivity contribution is 0.793. The molecular formula is C73H46N2.